The molecule has 2 aliphatic carbocycles. The van der Waals surface area contributed by atoms with Crippen LogP contribution in [0.1, 0.15) is 83.4 Å². The van der Waals surface area contributed by atoms with Gasteiger partial charge in [0.2, 0.25) is 11.8 Å². The van der Waals surface area contributed by atoms with Gasteiger partial charge in [0.25, 0.3) is 8.32 Å². The molecule has 306 valence electrons. The van der Waals surface area contributed by atoms with Gasteiger partial charge in [0.05, 0.1) is 30.2 Å². The Morgan fingerprint density at radius 3 is 2.24 bits per heavy atom. The van der Waals surface area contributed by atoms with Crippen molar-refractivity contribution in [3.8, 4) is 5.75 Å². The molecule has 0 radical (unpaired) electrons. The molecule has 2 N–H and O–H groups in total. The molecule has 11 heteroatoms. The number of aromatic hydroxyl groups is 1. The third-order valence-corrected chi connectivity index (χ3v) is 18.1. The number of benzene rings is 3. The average molecular weight is 813 g/mol. The Kier molecular flexibility index (Phi) is 11.9. The summed E-state index contributed by atoms with van der Waals surface area (Å²) in [4.78, 5) is 35.4. The molecule has 4 aliphatic rings. The summed E-state index contributed by atoms with van der Waals surface area (Å²) in [7, 11) is -4.15. The minimum atomic E-state index is -3.01. The van der Waals surface area contributed by atoms with Gasteiger partial charge in [-0.15, -0.1) is 0 Å². The number of allylic oxidation sites excluding steroid dienone is 1. The normalized spacial score (nSPS) is 23.1. The second-order valence-corrected chi connectivity index (χ2v) is 22.0. The number of likely N-dealkylation sites (tertiary alicyclic amines) is 1. The highest BCUT2D eigenvalue weighted by molar-refractivity contribution is 6.99. The molecule has 59 heavy (non-hydrogen) atoms. The van der Waals surface area contributed by atoms with Crippen molar-refractivity contribution in [2.24, 2.45) is 17.8 Å². The van der Waals surface area contributed by atoms with Gasteiger partial charge in [-0.05, 0) is 112 Å². The van der Waals surface area contributed by atoms with Crippen LogP contribution in [0.3, 0.4) is 0 Å². The van der Waals surface area contributed by atoms with E-state index in [1.165, 1.54) is 12.1 Å². The highest BCUT2D eigenvalue weighted by Gasteiger charge is 2.59. The van der Waals surface area contributed by atoms with Crippen LogP contribution in [0.15, 0.2) is 114 Å². The summed E-state index contributed by atoms with van der Waals surface area (Å²) in [6, 6.07) is 30.8. The van der Waals surface area contributed by atoms with Crippen molar-refractivity contribution < 1.29 is 33.2 Å². The summed E-state index contributed by atoms with van der Waals surface area (Å²) in [6.45, 7) is 6.98. The number of hydrogen-bond donors (Lipinski definition) is 2. The smallest absolute Gasteiger partial charge is 0.455 e. The van der Waals surface area contributed by atoms with Crippen LogP contribution in [0.4, 0.5) is 4.39 Å². The number of aromatic nitrogens is 1. The number of nitrogens with zero attached hydrogens (tertiary/aromatic N) is 2. The number of hydrogen-bond acceptors (Lipinski definition) is 7. The largest absolute Gasteiger partial charge is 0.505 e. The van der Waals surface area contributed by atoms with Gasteiger partial charge in [0.15, 0.2) is 11.6 Å². The first-order valence-corrected chi connectivity index (χ1v) is 23.1. The van der Waals surface area contributed by atoms with Crippen LogP contribution in [0, 0.1) is 23.6 Å². The molecule has 3 heterocycles. The van der Waals surface area contributed by atoms with Crippen LogP contribution < -0.4 is 10.4 Å². The van der Waals surface area contributed by atoms with Crippen LogP contribution in [0.2, 0.25) is 11.4 Å². The molecule has 0 spiro atoms. The number of imide groups is 1. The molecule has 3 fully saturated rings. The number of phenols is 1. The fraction of sp³-hybridized carbons (Fsp3) is 0.396. The quantitative estimate of drug-likeness (QED) is 0.0900. The van der Waals surface area contributed by atoms with Crippen molar-refractivity contribution in [1.29, 1.82) is 0 Å². The number of amides is 2. The number of carbonyl (C=O) groups is 2. The first-order chi connectivity index (χ1) is 28.5. The second kappa shape index (κ2) is 17.1. The maximum atomic E-state index is 14.6. The molecule has 8 nitrogen and oxygen atoms in total. The third kappa shape index (κ3) is 8.02. The fourth-order valence-corrected chi connectivity index (χ4v) is 15.1. The number of fused-ring (bicyclic) bond motifs is 3. The highest BCUT2D eigenvalue weighted by Crippen LogP contribution is 2.52. The number of pyridine rings is 1. The summed E-state index contributed by atoms with van der Waals surface area (Å²) in [5, 5.41) is 23.3. The molecule has 4 aromatic rings. The van der Waals surface area contributed by atoms with Crippen LogP contribution in [-0.2, 0) is 18.7 Å². The van der Waals surface area contributed by atoms with E-state index in [1.54, 1.807) is 17.2 Å². The molecule has 2 amide bonds. The Morgan fingerprint density at radius 2 is 1.61 bits per heavy atom. The predicted molar refractivity (Wildman–Crippen MR) is 231 cm³/mol. The molecule has 4 atom stereocenters. The van der Waals surface area contributed by atoms with Gasteiger partial charge < -0.3 is 19.2 Å². The predicted octanol–water partition coefficient (Wildman–Crippen LogP) is 7.95. The van der Waals surface area contributed by atoms with Gasteiger partial charge in [-0.25, -0.2) is 4.39 Å². The molecule has 1 saturated carbocycles. The summed E-state index contributed by atoms with van der Waals surface area (Å²) in [5.74, 6) is -2.86. The Balaban J connectivity index is 1.21. The summed E-state index contributed by atoms with van der Waals surface area (Å²) in [6.07, 6.45) is 9.23. The molecule has 0 unspecified atom stereocenters. The minimum absolute atomic E-state index is 0.0899. The Hall–Kier alpha value is -4.68. The zero-order valence-electron chi connectivity index (χ0n) is 34.2. The first kappa shape index (κ1) is 41.1. The molecule has 2 saturated heterocycles. The zero-order chi connectivity index (χ0) is 41.3. The summed E-state index contributed by atoms with van der Waals surface area (Å²) in [5.41, 5.74) is 4.03. The molecular weight excluding hydrogens is 758 g/mol. The van der Waals surface area contributed by atoms with Crippen molar-refractivity contribution in [3.63, 3.8) is 0 Å². The van der Waals surface area contributed by atoms with Crippen molar-refractivity contribution in [1.82, 2.24) is 9.88 Å². The minimum Gasteiger partial charge on any atom is -0.505 e. The topological polar surface area (TPSA) is 109 Å². The lowest BCUT2D eigenvalue weighted by atomic mass is 9.58. The number of rotatable bonds is 11. The Labute approximate surface area is 348 Å². The Morgan fingerprint density at radius 1 is 0.932 bits per heavy atom. The third-order valence-electron chi connectivity index (χ3n) is 13.1. The van der Waals surface area contributed by atoms with E-state index >= 15 is 0 Å². The fourth-order valence-electron chi connectivity index (χ4n) is 10.5. The number of carbonyl (C=O) groups excluding carboxylic acids is 2. The van der Waals surface area contributed by atoms with E-state index < -0.39 is 50.9 Å². The molecule has 8 rings (SSSR count). The van der Waals surface area contributed by atoms with Gasteiger partial charge in [-0.3, -0.25) is 19.5 Å². The molecule has 1 aromatic heterocycles. The van der Waals surface area contributed by atoms with E-state index in [0.717, 1.165) is 59.2 Å². The van der Waals surface area contributed by atoms with E-state index in [9.17, 15) is 24.1 Å². The van der Waals surface area contributed by atoms with Crippen LogP contribution >= 0.6 is 0 Å². The van der Waals surface area contributed by atoms with Crippen molar-refractivity contribution in [3.05, 3.63) is 131 Å². The number of halogens is 1. The maximum Gasteiger partial charge on any atom is 0.455 e. The van der Waals surface area contributed by atoms with Gasteiger partial charge in [0.1, 0.15) is 0 Å². The van der Waals surface area contributed by atoms with Crippen molar-refractivity contribution >= 4 is 49.3 Å². The van der Waals surface area contributed by atoms with Crippen LogP contribution in [-0.4, -0.2) is 66.0 Å². The van der Waals surface area contributed by atoms with E-state index in [1.807, 2.05) is 36.4 Å². The van der Waals surface area contributed by atoms with Crippen molar-refractivity contribution in [2.45, 2.75) is 95.6 Å². The van der Waals surface area contributed by atoms with E-state index in [-0.39, 0.29) is 35.8 Å². The monoisotopic (exact) mass is 812 g/mol. The summed E-state index contributed by atoms with van der Waals surface area (Å²) < 4.78 is 28.6. The lowest BCUT2D eigenvalue weighted by Crippen LogP contribution is -2.66. The lowest BCUT2D eigenvalue weighted by molar-refractivity contribution is -0.143. The molecule has 3 aromatic carbocycles. The molecule has 2 aliphatic heterocycles. The average Bonchev–Trinajstić information content (AvgIpc) is 3.49. The maximum absolute atomic E-state index is 14.6. The number of phenolic OH excluding ortho intramolecular Hbond substituents is 1. The van der Waals surface area contributed by atoms with Gasteiger partial charge in [-0.1, -0.05) is 113 Å². The van der Waals surface area contributed by atoms with E-state index in [4.69, 9.17) is 9.08 Å². The van der Waals surface area contributed by atoms with Crippen molar-refractivity contribution in [2.75, 3.05) is 6.61 Å². The van der Waals surface area contributed by atoms with Gasteiger partial charge in [0, 0.05) is 12.2 Å². The SMILES string of the molecule is CC(C)(C)[Si](OCC1=C2[C@@H](CC/C(=C/c3ccc(O)c(F)c3)c3ccccn3)OB(O)C[C@@H]2[C@@H]2C(=O)N(C3CCCCC3)C(=O)[C@@H]2C1)(c1ccccc1)c1ccccc1. The first-order valence-electron chi connectivity index (χ1n) is 21.2. The molecule has 0 bridgehead atoms. The van der Waals surface area contributed by atoms with Gasteiger partial charge in [-0.2, -0.15) is 0 Å². The second-order valence-electron chi connectivity index (χ2n) is 17.7. The molecular formula is C48H54BFN2O6Si. The van der Waals surface area contributed by atoms with E-state index in [0.29, 0.717) is 30.5 Å². The Bertz CT molecular complexity index is 2170. The highest BCUT2D eigenvalue weighted by atomic mass is 28.4. The van der Waals surface area contributed by atoms with E-state index in [2.05, 4.69) is 74.3 Å². The standard InChI is InChI=1S/C48H54BFN2O6Si/c1-48(2,3)59(36-17-9-5-10-18-36,37-19-11-6-12-20-37)57-31-34-29-38-45(47(55)52(46(38)54)35-15-7-4-8-16-35)39-30-49(56)58-43(44(34)39)25-23-33(41-21-13-14-26-51-41)27-32-22-24-42(53)40(50)28-32/h5-6,9-14,17-22,24,26-28,35,38-39,43,45,53,56H,4,7-8,15-16,23,25,29-31H2,1-3H3/b33-27-/t38-,39+,43-,45-/m1/s1. The summed E-state index contributed by atoms with van der Waals surface area (Å²) >= 11 is 0. The van der Waals surface area contributed by atoms with Crippen LogP contribution in [0.25, 0.3) is 11.6 Å². The van der Waals surface area contributed by atoms with Crippen LogP contribution in [0.5, 0.6) is 5.75 Å². The lowest BCUT2D eigenvalue weighted by Gasteiger charge is -2.46. The zero-order valence-corrected chi connectivity index (χ0v) is 35.2. The van der Waals surface area contributed by atoms with Gasteiger partial charge >= 0.3 is 7.12 Å².